The van der Waals surface area contributed by atoms with Crippen molar-refractivity contribution < 1.29 is 0 Å². The average molecular weight is 378 g/mol. The van der Waals surface area contributed by atoms with Gasteiger partial charge in [0.15, 0.2) is 5.82 Å². The highest BCUT2D eigenvalue weighted by molar-refractivity contribution is 5.97. The summed E-state index contributed by atoms with van der Waals surface area (Å²) in [5.74, 6) is 1.90. The van der Waals surface area contributed by atoms with E-state index in [0.29, 0.717) is 6.04 Å². The molecular formula is C23H31N5. The second-order valence-corrected chi connectivity index (χ2v) is 8.11. The minimum atomic E-state index is 0.542. The number of hydrogen-bond acceptors (Lipinski definition) is 4. The number of nitrogens with zero attached hydrogens (tertiary/aromatic N) is 5. The first kappa shape index (κ1) is 18.9. The topological polar surface area (TPSA) is 46.8 Å². The second kappa shape index (κ2) is 7.53. The van der Waals surface area contributed by atoms with Gasteiger partial charge in [-0.25, -0.2) is 9.97 Å². The molecule has 1 aliphatic rings. The summed E-state index contributed by atoms with van der Waals surface area (Å²) in [6.07, 6.45) is 4.80. The van der Waals surface area contributed by atoms with Gasteiger partial charge < -0.3 is 4.90 Å². The van der Waals surface area contributed by atoms with E-state index >= 15 is 0 Å². The van der Waals surface area contributed by atoms with E-state index in [2.05, 4.69) is 55.5 Å². The molecule has 5 nitrogen and oxygen atoms in total. The van der Waals surface area contributed by atoms with Gasteiger partial charge >= 0.3 is 0 Å². The average Bonchev–Trinajstić information content (AvgIpc) is 3.01. The number of aromatic nitrogens is 4. The standard InChI is InChI=1S/C23H31N5/c1-6-8-18(9-7-2)27-12-13-28-22-21(24-17(5)25-23(22)27)20(26-28)19-11-10-15(3)14-16(19)4/h10-11,14,18H,6-9,12-13H2,1-5H3. The number of rotatable bonds is 6. The van der Waals surface area contributed by atoms with Gasteiger partial charge in [0.05, 0.1) is 6.54 Å². The number of hydrogen-bond donors (Lipinski definition) is 0. The van der Waals surface area contributed by atoms with Crippen LogP contribution in [0.3, 0.4) is 0 Å². The molecule has 2 aromatic heterocycles. The Hall–Kier alpha value is -2.43. The fraction of sp³-hybridized carbons (Fsp3) is 0.522. The molecule has 4 rings (SSSR count). The van der Waals surface area contributed by atoms with Crippen molar-refractivity contribution in [2.24, 2.45) is 0 Å². The molecule has 0 spiro atoms. The van der Waals surface area contributed by atoms with Crippen molar-refractivity contribution in [3.8, 4) is 11.3 Å². The monoisotopic (exact) mass is 377 g/mol. The van der Waals surface area contributed by atoms with E-state index in [1.54, 1.807) is 0 Å². The van der Waals surface area contributed by atoms with Crippen LogP contribution < -0.4 is 4.90 Å². The van der Waals surface area contributed by atoms with Crippen LogP contribution in [0.5, 0.6) is 0 Å². The lowest BCUT2D eigenvalue weighted by Gasteiger charge is -2.35. The molecule has 1 aliphatic heterocycles. The van der Waals surface area contributed by atoms with Crippen LogP contribution in [0.4, 0.5) is 5.82 Å². The molecule has 3 aromatic rings. The molecule has 0 atom stereocenters. The number of anilines is 1. The quantitative estimate of drug-likeness (QED) is 0.592. The molecule has 0 unspecified atom stereocenters. The second-order valence-electron chi connectivity index (χ2n) is 8.11. The van der Waals surface area contributed by atoms with Gasteiger partial charge in [0.25, 0.3) is 0 Å². The molecule has 0 amide bonds. The van der Waals surface area contributed by atoms with E-state index in [9.17, 15) is 0 Å². The van der Waals surface area contributed by atoms with Crippen LogP contribution in [0, 0.1) is 20.8 Å². The highest BCUT2D eigenvalue weighted by Crippen LogP contribution is 2.37. The summed E-state index contributed by atoms with van der Waals surface area (Å²) in [6.45, 7) is 12.7. The third-order valence-electron chi connectivity index (χ3n) is 5.83. The first-order valence-electron chi connectivity index (χ1n) is 10.6. The van der Waals surface area contributed by atoms with Crippen molar-refractivity contribution in [1.82, 2.24) is 19.7 Å². The minimum Gasteiger partial charge on any atom is -0.350 e. The fourth-order valence-corrected chi connectivity index (χ4v) is 4.58. The Bertz CT molecular complexity index is 998. The molecule has 0 aliphatic carbocycles. The van der Waals surface area contributed by atoms with Gasteiger partial charge in [0, 0.05) is 18.2 Å². The van der Waals surface area contributed by atoms with Crippen LogP contribution in [0.1, 0.15) is 56.5 Å². The zero-order valence-electron chi connectivity index (χ0n) is 17.8. The minimum absolute atomic E-state index is 0.542. The zero-order chi connectivity index (χ0) is 19.8. The van der Waals surface area contributed by atoms with Gasteiger partial charge in [-0.2, -0.15) is 5.10 Å². The van der Waals surface area contributed by atoms with E-state index in [1.165, 1.54) is 42.4 Å². The molecule has 28 heavy (non-hydrogen) atoms. The van der Waals surface area contributed by atoms with Gasteiger partial charge in [-0.1, -0.05) is 50.5 Å². The molecule has 148 valence electrons. The molecule has 0 bridgehead atoms. The van der Waals surface area contributed by atoms with Crippen LogP contribution in [-0.2, 0) is 6.54 Å². The third kappa shape index (κ3) is 3.17. The van der Waals surface area contributed by atoms with Crippen molar-refractivity contribution in [1.29, 1.82) is 0 Å². The Kier molecular flexibility index (Phi) is 5.09. The Balaban J connectivity index is 1.90. The molecule has 0 N–H and O–H groups in total. The molecule has 5 heteroatoms. The van der Waals surface area contributed by atoms with Crippen LogP contribution >= 0.6 is 0 Å². The van der Waals surface area contributed by atoms with Crippen molar-refractivity contribution in [2.75, 3.05) is 11.4 Å². The van der Waals surface area contributed by atoms with Gasteiger partial charge in [0.2, 0.25) is 0 Å². The largest absolute Gasteiger partial charge is 0.350 e. The van der Waals surface area contributed by atoms with E-state index in [1.807, 2.05) is 6.92 Å². The van der Waals surface area contributed by atoms with E-state index in [0.717, 1.165) is 41.5 Å². The summed E-state index contributed by atoms with van der Waals surface area (Å²) >= 11 is 0. The Morgan fingerprint density at radius 1 is 1.00 bits per heavy atom. The zero-order valence-corrected chi connectivity index (χ0v) is 17.8. The van der Waals surface area contributed by atoms with Crippen LogP contribution in [0.25, 0.3) is 22.3 Å². The summed E-state index contributed by atoms with van der Waals surface area (Å²) in [4.78, 5) is 12.3. The highest BCUT2D eigenvalue weighted by Gasteiger charge is 2.29. The van der Waals surface area contributed by atoms with Gasteiger partial charge in [-0.05, 0) is 39.2 Å². The normalized spacial score (nSPS) is 13.7. The lowest BCUT2D eigenvalue weighted by molar-refractivity contribution is 0.469. The summed E-state index contributed by atoms with van der Waals surface area (Å²) < 4.78 is 2.13. The van der Waals surface area contributed by atoms with Crippen LogP contribution in [0.2, 0.25) is 0 Å². The van der Waals surface area contributed by atoms with Crippen molar-refractivity contribution in [3.63, 3.8) is 0 Å². The number of aryl methyl sites for hydroxylation is 3. The summed E-state index contributed by atoms with van der Waals surface area (Å²) in [5.41, 5.74) is 6.77. The first-order valence-corrected chi connectivity index (χ1v) is 10.6. The summed E-state index contributed by atoms with van der Waals surface area (Å²) in [5, 5.41) is 5.00. The molecule has 0 fully saturated rings. The lowest BCUT2D eigenvalue weighted by atomic mass is 10.0. The van der Waals surface area contributed by atoms with E-state index in [4.69, 9.17) is 15.1 Å². The molecule has 0 saturated carbocycles. The van der Waals surface area contributed by atoms with E-state index in [-0.39, 0.29) is 0 Å². The summed E-state index contributed by atoms with van der Waals surface area (Å²) in [6, 6.07) is 7.10. The van der Waals surface area contributed by atoms with Crippen molar-refractivity contribution in [3.05, 3.63) is 35.2 Å². The predicted octanol–water partition coefficient (Wildman–Crippen LogP) is 5.21. The maximum atomic E-state index is 5.00. The Morgan fingerprint density at radius 2 is 1.75 bits per heavy atom. The maximum Gasteiger partial charge on any atom is 0.158 e. The first-order chi connectivity index (χ1) is 13.5. The SMILES string of the molecule is CCCC(CCC)N1CCn2nc(-c3ccc(C)cc3C)c3nc(C)nc1c32. The lowest BCUT2D eigenvalue weighted by Crippen LogP contribution is -2.41. The molecule has 3 heterocycles. The maximum absolute atomic E-state index is 5.00. The Labute approximate surface area is 167 Å². The smallest absolute Gasteiger partial charge is 0.158 e. The summed E-state index contributed by atoms with van der Waals surface area (Å²) in [7, 11) is 0. The van der Waals surface area contributed by atoms with Crippen molar-refractivity contribution >= 4 is 16.9 Å². The van der Waals surface area contributed by atoms with Gasteiger partial charge in [-0.3, -0.25) is 4.68 Å². The fourth-order valence-electron chi connectivity index (χ4n) is 4.58. The van der Waals surface area contributed by atoms with Crippen LogP contribution in [-0.4, -0.2) is 32.3 Å². The molecule has 0 saturated heterocycles. The van der Waals surface area contributed by atoms with Crippen molar-refractivity contribution in [2.45, 2.75) is 72.9 Å². The third-order valence-corrected chi connectivity index (χ3v) is 5.83. The molecular weight excluding hydrogens is 346 g/mol. The molecule has 1 aromatic carbocycles. The highest BCUT2D eigenvalue weighted by atomic mass is 15.4. The van der Waals surface area contributed by atoms with Gasteiger partial charge in [0.1, 0.15) is 22.6 Å². The molecule has 0 radical (unpaired) electrons. The van der Waals surface area contributed by atoms with E-state index < -0.39 is 0 Å². The Morgan fingerprint density at radius 3 is 2.43 bits per heavy atom. The predicted molar refractivity (Wildman–Crippen MR) is 116 cm³/mol. The number of benzene rings is 1. The van der Waals surface area contributed by atoms with Crippen LogP contribution in [0.15, 0.2) is 18.2 Å². The van der Waals surface area contributed by atoms with Gasteiger partial charge in [-0.15, -0.1) is 0 Å².